The summed E-state index contributed by atoms with van der Waals surface area (Å²) in [6.45, 7) is 6.91. The Labute approximate surface area is 246 Å². The lowest BCUT2D eigenvalue weighted by Crippen LogP contribution is -2.46. The second kappa shape index (κ2) is 11.3. The highest BCUT2D eigenvalue weighted by Gasteiger charge is 2.26. The number of aromatic nitrogens is 2. The van der Waals surface area contributed by atoms with Crippen molar-refractivity contribution in [1.82, 2.24) is 14.9 Å². The van der Waals surface area contributed by atoms with Gasteiger partial charge in [0, 0.05) is 44.7 Å². The molecule has 4 aromatic carbocycles. The van der Waals surface area contributed by atoms with Gasteiger partial charge >= 0.3 is 0 Å². The Kier molecular flexibility index (Phi) is 7.10. The molecule has 2 aliphatic rings. The van der Waals surface area contributed by atoms with Crippen molar-refractivity contribution in [2.45, 2.75) is 32.4 Å². The number of benzene rings is 4. The third kappa shape index (κ3) is 5.35. The molecule has 42 heavy (non-hydrogen) atoms. The highest BCUT2D eigenvalue weighted by atomic mass is 16.2. The molecule has 1 saturated heterocycles. The predicted octanol–water partition coefficient (Wildman–Crippen LogP) is 6.09. The summed E-state index contributed by atoms with van der Waals surface area (Å²) in [5, 5.41) is 6.58. The summed E-state index contributed by atoms with van der Waals surface area (Å²) < 4.78 is 0. The van der Waals surface area contributed by atoms with E-state index in [-0.39, 0.29) is 11.9 Å². The zero-order chi connectivity index (χ0) is 28.5. The first-order valence-electron chi connectivity index (χ1n) is 14.9. The Bertz CT molecular complexity index is 1700. The second-order valence-corrected chi connectivity index (χ2v) is 11.3. The first-order chi connectivity index (χ1) is 20.6. The number of rotatable bonds is 7. The summed E-state index contributed by atoms with van der Waals surface area (Å²) in [6, 6.07) is 31.3. The van der Waals surface area contributed by atoms with E-state index in [9.17, 15) is 4.79 Å². The number of anilines is 3. The normalized spacial score (nSPS) is 17.1. The van der Waals surface area contributed by atoms with Gasteiger partial charge in [-0.1, -0.05) is 73.7 Å². The van der Waals surface area contributed by atoms with Crippen LogP contribution in [0.2, 0.25) is 0 Å². The molecule has 5 aromatic rings. The summed E-state index contributed by atoms with van der Waals surface area (Å²) in [5.74, 6) is 0.936. The minimum atomic E-state index is -0.278. The van der Waals surface area contributed by atoms with E-state index in [4.69, 9.17) is 4.98 Å². The molecule has 7 rings (SSSR count). The van der Waals surface area contributed by atoms with Gasteiger partial charge in [-0.25, -0.2) is 4.98 Å². The summed E-state index contributed by atoms with van der Waals surface area (Å²) in [7, 11) is 0. The minimum Gasteiger partial charge on any atom is -0.372 e. The third-order valence-electron chi connectivity index (χ3n) is 8.52. The molecule has 3 heterocycles. The Balaban J connectivity index is 1.01. The van der Waals surface area contributed by atoms with Gasteiger partial charge in [0.1, 0.15) is 17.4 Å². The molecule has 7 heteroatoms. The number of para-hydroxylation sites is 1. The van der Waals surface area contributed by atoms with Crippen LogP contribution in [0.15, 0.2) is 91.0 Å². The number of carbonyl (C=O) groups excluding carboxylic acids is 1. The number of piperazine rings is 1. The van der Waals surface area contributed by atoms with E-state index in [1.165, 1.54) is 16.8 Å². The van der Waals surface area contributed by atoms with Gasteiger partial charge in [-0.05, 0) is 47.4 Å². The van der Waals surface area contributed by atoms with Crippen LogP contribution >= 0.6 is 0 Å². The van der Waals surface area contributed by atoms with Crippen LogP contribution in [0.5, 0.6) is 0 Å². The van der Waals surface area contributed by atoms with Crippen LogP contribution in [0.25, 0.3) is 22.4 Å². The SMILES string of the molecule is CCc1ccc(-c2nc3c(N4CCN(Cc5ccc6c(c5)NC(Cc5ccccc5)C(=O)N6)CC4)cccc3[nH]2)cc1. The number of aromatic amines is 1. The number of hydrogen-bond acceptors (Lipinski definition) is 5. The van der Waals surface area contributed by atoms with Crippen LogP contribution in [-0.2, 0) is 24.2 Å². The molecule has 0 aliphatic carbocycles. The molecule has 1 amide bonds. The van der Waals surface area contributed by atoms with Gasteiger partial charge in [-0.3, -0.25) is 9.69 Å². The minimum absolute atomic E-state index is 0.0173. The molecule has 0 spiro atoms. The first-order valence-corrected chi connectivity index (χ1v) is 14.9. The van der Waals surface area contributed by atoms with Crippen LogP contribution in [0.1, 0.15) is 23.6 Å². The fraction of sp³-hybridized carbons (Fsp3) is 0.257. The topological polar surface area (TPSA) is 76.3 Å². The average molecular weight is 557 g/mol. The molecule has 1 aromatic heterocycles. The number of imidazole rings is 1. The van der Waals surface area contributed by atoms with E-state index in [1.807, 2.05) is 24.3 Å². The van der Waals surface area contributed by atoms with E-state index in [0.29, 0.717) is 6.42 Å². The fourth-order valence-corrected chi connectivity index (χ4v) is 6.10. The molecular formula is C35H36N6O. The highest BCUT2D eigenvalue weighted by molar-refractivity contribution is 6.03. The van der Waals surface area contributed by atoms with Crippen molar-refractivity contribution in [3.05, 3.63) is 108 Å². The maximum atomic E-state index is 12.7. The van der Waals surface area contributed by atoms with Gasteiger partial charge in [0.15, 0.2) is 0 Å². The first kappa shape index (κ1) is 26.3. The fourth-order valence-electron chi connectivity index (χ4n) is 6.10. The maximum Gasteiger partial charge on any atom is 0.247 e. The lowest BCUT2D eigenvalue weighted by molar-refractivity contribution is -0.117. The Hall–Kier alpha value is -4.62. The molecule has 7 nitrogen and oxygen atoms in total. The molecule has 0 saturated carbocycles. The third-order valence-corrected chi connectivity index (χ3v) is 8.52. The van der Waals surface area contributed by atoms with E-state index < -0.39 is 0 Å². The van der Waals surface area contributed by atoms with Crippen molar-refractivity contribution in [2.75, 3.05) is 41.7 Å². The smallest absolute Gasteiger partial charge is 0.247 e. The number of aryl methyl sites for hydroxylation is 1. The van der Waals surface area contributed by atoms with Crippen LogP contribution in [0.4, 0.5) is 17.1 Å². The van der Waals surface area contributed by atoms with Gasteiger partial charge in [0.2, 0.25) is 5.91 Å². The van der Waals surface area contributed by atoms with Crippen LogP contribution in [-0.4, -0.2) is 53.0 Å². The van der Waals surface area contributed by atoms with Gasteiger partial charge < -0.3 is 20.5 Å². The van der Waals surface area contributed by atoms with Crippen molar-refractivity contribution in [3.8, 4) is 11.4 Å². The number of hydrogen-bond donors (Lipinski definition) is 3. The number of nitrogens with one attached hydrogen (secondary N) is 3. The van der Waals surface area contributed by atoms with Crippen molar-refractivity contribution in [3.63, 3.8) is 0 Å². The maximum absolute atomic E-state index is 12.7. The molecular weight excluding hydrogens is 520 g/mol. The Morgan fingerprint density at radius 3 is 2.38 bits per heavy atom. The van der Waals surface area contributed by atoms with E-state index in [2.05, 4.69) is 99.1 Å². The Morgan fingerprint density at radius 2 is 1.60 bits per heavy atom. The van der Waals surface area contributed by atoms with Crippen LogP contribution in [0, 0.1) is 0 Å². The average Bonchev–Trinajstić information content (AvgIpc) is 3.47. The zero-order valence-electron chi connectivity index (χ0n) is 23.9. The quantitative estimate of drug-likeness (QED) is 0.226. The van der Waals surface area contributed by atoms with E-state index in [1.54, 1.807) is 0 Å². The van der Waals surface area contributed by atoms with Gasteiger partial charge in [-0.15, -0.1) is 0 Å². The van der Waals surface area contributed by atoms with Gasteiger partial charge in [-0.2, -0.15) is 0 Å². The lowest BCUT2D eigenvalue weighted by atomic mass is 10.0. The highest BCUT2D eigenvalue weighted by Crippen LogP contribution is 2.31. The molecule has 1 fully saturated rings. The second-order valence-electron chi connectivity index (χ2n) is 11.3. The number of fused-ring (bicyclic) bond motifs is 2. The molecule has 0 radical (unpaired) electrons. The van der Waals surface area contributed by atoms with E-state index >= 15 is 0 Å². The van der Waals surface area contributed by atoms with Crippen molar-refractivity contribution >= 4 is 34.0 Å². The summed E-state index contributed by atoms with van der Waals surface area (Å²) >= 11 is 0. The molecule has 3 N–H and O–H groups in total. The van der Waals surface area contributed by atoms with Crippen LogP contribution < -0.4 is 15.5 Å². The number of amides is 1. The molecule has 2 aliphatic heterocycles. The summed E-state index contributed by atoms with van der Waals surface area (Å²) in [6.07, 6.45) is 1.70. The van der Waals surface area contributed by atoms with Crippen molar-refractivity contribution in [2.24, 2.45) is 0 Å². The van der Waals surface area contributed by atoms with Gasteiger partial charge in [0.25, 0.3) is 0 Å². The van der Waals surface area contributed by atoms with Crippen LogP contribution in [0.3, 0.4) is 0 Å². The molecule has 212 valence electrons. The molecule has 1 unspecified atom stereocenters. The summed E-state index contributed by atoms with van der Waals surface area (Å²) in [4.78, 5) is 26.2. The van der Waals surface area contributed by atoms with Crippen molar-refractivity contribution in [1.29, 1.82) is 0 Å². The van der Waals surface area contributed by atoms with Crippen molar-refractivity contribution < 1.29 is 4.79 Å². The number of H-pyrrole nitrogens is 1. The number of carbonyl (C=O) groups is 1. The Morgan fingerprint density at radius 1 is 0.810 bits per heavy atom. The zero-order valence-corrected chi connectivity index (χ0v) is 23.9. The summed E-state index contributed by atoms with van der Waals surface area (Å²) in [5.41, 5.74) is 9.99. The predicted molar refractivity (Wildman–Crippen MR) is 171 cm³/mol. The molecule has 1 atom stereocenters. The van der Waals surface area contributed by atoms with Gasteiger partial charge in [0.05, 0.1) is 22.6 Å². The largest absolute Gasteiger partial charge is 0.372 e. The standard InChI is InChI=1S/C35H36N6O/c1-2-24-11-14-27(15-12-24)34-37-29-9-6-10-32(33(29)39-34)41-19-17-40(18-20-41)23-26-13-16-28-30(22-26)36-31(35(42)38-28)21-25-7-4-3-5-8-25/h3-16,22,31,36H,2,17-21,23H2,1H3,(H,37,39)(H,38,42). The monoisotopic (exact) mass is 556 g/mol. The number of nitrogens with zero attached hydrogens (tertiary/aromatic N) is 3. The lowest BCUT2D eigenvalue weighted by Gasteiger charge is -2.36. The van der Waals surface area contributed by atoms with E-state index in [0.717, 1.165) is 78.5 Å². The molecule has 0 bridgehead atoms.